The van der Waals surface area contributed by atoms with Crippen molar-refractivity contribution in [3.8, 4) is 5.88 Å². The van der Waals surface area contributed by atoms with E-state index >= 15 is 0 Å². The van der Waals surface area contributed by atoms with E-state index in [1.807, 2.05) is 42.3 Å². The van der Waals surface area contributed by atoms with E-state index < -0.39 is 0 Å². The molecule has 118 valence electrons. The lowest BCUT2D eigenvalue weighted by Crippen LogP contribution is -2.20. The second-order valence-electron chi connectivity index (χ2n) is 5.05. The molecule has 0 N–H and O–H groups in total. The molecule has 3 rings (SSSR count). The maximum Gasteiger partial charge on any atom is 0.228 e. The quantitative estimate of drug-likeness (QED) is 0.691. The Labute approximate surface area is 134 Å². The highest BCUT2D eigenvalue weighted by Gasteiger charge is 2.10. The normalized spacial score (nSPS) is 10.5. The smallest absolute Gasteiger partial charge is 0.228 e. The highest BCUT2D eigenvalue weighted by atomic mass is 16.5. The molecule has 0 aliphatic carbocycles. The lowest BCUT2D eigenvalue weighted by atomic mass is 10.2. The lowest BCUT2D eigenvalue weighted by molar-refractivity contribution is 0.293. The predicted molar refractivity (Wildman–Crippen MR) is 83.9 cm³/mol. The van der Waals surface area contributed by atoms with Crippen molar-refractivity contribution < 1.29 is 9.26 Å². The Hall–Kier alpha value is -2.96. The molecule has 1 aromatic carbocycles. The molecule has 0 fully saturated rings. The summed E-state index contributed by atoms with van der Waals surface area (Å²) in [6, 6.07) is 11.7. The van der Waals surface area contributed by atoms with Gasteiger partial charge in [0.05, 0.1) is 6.54 Å². The van der Waals surface area contributed by atoms with Gasteiger partial charge in [-0.15, -0.1) is 0 Å². The van der Waals surface area contributed by atoms with E-state index in [0.717, 1.165) is 5.56 Å². The van der Waals surface area contributed by atoms with Crippen LogP contribution in [0.15, 0.2) is 47.1 Å². The van der Waals surface area contributed by atoms with Crippen molar-refractivity contribution in [2.45, 2.75) is 20.1 Å². The van der Waals surface area contributed by atoms with Crippen LogP contribution in [0.1, 0.15) is 17.3 Å². The summed E-state index contributed by atoms with van der Waals surface area (Å²) in [5.74, 6) is 2.19. The average Bonchev–Trinajstić information content (AvgIpc) is 2.99. The van der Waals surface area contributed by atoms with Gasteiger partial charge in [-0.05, 0) is 5.56 Å². The molecule has 23 heavy (non-hydrogen) atoms. The minimum Gasteiger partial charge on any atom is -0.473 e. The van der Waals surface area contributed by atoms with Crippen LogP contribution in [0.2, 0.25) is 0 Å². The van der Waals surface area contributed by atoms with Gasteiger partial charge in [0.25, 0.3) is 0 Å². The summed E-state index contributed by atoms with van der Waals surface area (Å²) in [5, 5.41) is 3.87. The van der Waals surface area contributed by atoms with Crippen LogP contribution in [0.25, 0.3) is 0 Å². The topological polar surface area (TPSA) is 77.2 Å². The molecule has 7 nitrogen and oxygen atoms in total. The average molecular weight is 311 g/mol. The molecule has 2 aromatic heterocycles. The number of rotatable bonds is 6. The molecule has 0 saturated heterocycles. The van der Waals surface area contributed by atoms with Crippen LogP contribution in [0.3, 0.4) is 0 Å². The first-order valence-corrected chi connectivity index (χ1v) is 7.21. The third-order valence-electron chi connectivity index (χ3n) is 3.14. The maximum atomic E-state index is 5.71. The Morgan fingerprint density at radius 3 is 2.70 bits per heavy atom. The maximum absolute atomic E-state index is 5.71. The molecule has 3 aromatic rings. The molecular weight excluding hydrogens is 294 g/mol. The van der Waals surface area contributed by atoms with Gasteiger partial charge in [-0.1, -0.05) is 35.5 Å². The first-order chi connectivity index (χ1) is 11.2. The van der Waals surface area contributed by atoms with E-state index in [0.29, 0.717) is 36.7 Å². The van der Waals surface area contributed by atoms with Crippen LogP contribution < -0.4 is 9.64 Å². The third-order valence-corrected chi connectivity index (χ3v) is 3.14. The van der Waals surface area contributed by atoms with Gasteiger partial charge in [0.15, 0.2) is 5.82 Å². The molecule has 0 unspecified atom stereocenters. The van der Waals surface area contributed by atoms with Crippen molar-refractivity contribution in [1.29, 1.82) is 0 Å². The molecule has 7 heteroatoms. The lowest BCUT2D eigenvalue weighted by Gasteiger charge is -2.15. The van der Waals surface area contributed by atoms with Crippen LogP contribution in [0.4, 0.5) is 5.95 Å². The number of nitrogens with zero attached hydrogens (tertiary/aromatic N) is 5. The van der Waals surface area contributed by atoms with Crippen LogP contribution in [0.5, 0.6) is 5.88 Å². The van der Waals surface area contributed by atoms with Gasteiger partial charge in [-0.3, -0.25) is 0 Å². The van der Waals surface area contributed by atoms with Crippen LogP contribution in [0, 0.1) is 6.92 Å². The number of aromatic nitrogens is 4. The van der Waals surface area contributed by atoms with Crippen molar-refractivity contribution >= 4 is 5.95 Å². The molecule has 2 heterocycles. The van der Waals surface area contributed by atoms with Crippen molar-refractivity contribution in [3.05, 3.63) is 59.9 Å². The van der Waals surface area contributed by atoms with E-state index in [9.17, 15) is 0 Å². The molecule has 0 bridgehead atoms. The van der Waals surface area contributed by atoms with Gasteiger partial charge in [0, 0.05) is 26.2 Å². The summed E-state index contributed by atoms with van der Waals surface area (Å²) >= 11 is 0. The highest BCUT2D eigenvalue weighted by molar-refractivity contribution is 5.31. The Kier molecular flexibility index (Phi) is 4.46. The van der Waals surface area contributed by atoms with Gasteiger partial charge in [0.2, 0.25) is 17.7 Å². The number of ether oxygens (including phenoxy) is 1. The van der Waals surface area contributed by atoms with Crippen molar-refractivity contribution in [3.63, 3.8) is 0 Å². The third kappa shape index (κ3) is 4.03. The standard InChI is InChI=1S/C16H17N5O2/c1-12-18-14(20-23-12)10-21(2)16-17-9-8-15(19-16)22-11-13-6-4-3-5-7-13/h3-9H,10-11H2,1-2H3. The summed E-state index contributed by atoms with van der Waals surface area (Å²) in [5.41, 5.74) is 1.09. The van der Waals surface area contributed by atoms with E-state index in [4.69, 9.17) is 9.26 Å². The van der Waals surface area contributed by atoms with Crippen LogP contribution in [-0.4, -0.2) is 27.2 Å². The zero-order chi connectivity index (χ0) is 16.1. The summed E-state index contributed by atoms with van der Waals surface area (Å²) in [7, 11) is 1.86. The summed E-state index contributed by atoms with van der Waals surface area (Å²) in [6.45, 7) is 2.68. The Balaban J connectivity index is 1.64. The van der Waals surface area contributed by atoms with Crippen LogP contribution in [-0.2, 0) is 13.2 Å². The monoisotopic (exact) mass is 311 g/mol. The van der Waals surface area contributed by atoms with Crippen molar-refractivity contribution in [2.24, 2.45) is 0 Å². The fourth-order valence-corrected chi connectivity index (χ4v) is 2.02. The molecule has 0 amide bonds. The Morgan fingerprint density at radius 1 is 1.13 bits per heavy atom. The number of anilines is 1. The van der Waals surface area contributed by atoms with Gasteiger partial charge in [-0.25, -0.2) is 4.98 Å². The number of hydrogen-bond donors (Lipinski definition) is 0. The predicted octanol–water partition coefficient (Wildman–Crippen LogP) is 2.38. The SMILES string of the molecule is Cc1nc(CN(C)c2nccc(OCc3ccccc3)n2)no1. The number of aryl methyl sites for hydroxylation is 1. The molecule has 0 aliphatic heterocycles. The zero-order valence-electron chi connectivity index (χ0n) is 13.0. The molecule has 0 radical (unpaired) electrons. The van der Waals surface area contributed by atoms with Crippen molar-refractivity contribution in [2.75, 3.05) is 11.9 Å². The number of benzene rings is 1. The van der Waals surface area contributed by atoms with E-state index in [1.165, 1.54) is 0 Å². The summed E-state index contributed by atoms with van der Waals surface area (Å²) in [4.78, 5) is 14.6. The second kappa shape index (κ2) is 6.87. The van der Waals surface area contributed by atoms with Gasteiger partial charge < -0.3 is 14.2 Å². The van der Waals surface area contributed by atoms with E-state index in [1.54, 1.807) is 19.2 Å². The molecule has 0 aliphatic rings. The van der Waals surface area contributed by atoms with Gasteiger partial charge in [-0.2, -0.15) is 9.97 Å². The summed E-state index contributed by atoms with van der Waals surface area (Å²) < 4.78 is 10.7. The minimum absolute atomic E-state index is 0.458. The largest absolute Gasteiger partial charge is 0.473 e. The molecule has 0 spiro atoms. The second-order valence-corrected chi connectivity index (χ2v) is 5.05. The first-order valence-electron chi connectivity index (χ1n) is 7.21. The fraction of sp³-hybridized carbons (Fsp3) is 0.250. The van der Waals surface area contributed by atoms with E-state index in [2.05, 4.69) is 20.1 Å². The Morgan fingerprint density at radius 2 is 1.96 bits per heavy atom. The molecular formula is C16H17N5O2. The van der Waals surface area contributed by atoms with E-state index in [-0.39, 0.29) is 0 Å². The van der Waals surface area contributed by atoms with Gasteiger partial charge >= 0.3 is 0 Å². The first kappa shape index (κ1) is 15.0. The minimum atomic E-state index is 0.458. The highest BCUT2D eigenvalue weighted by Crippen LogP contribution is 2.14. The van der Waals surface area contributed by atoms with Gasteiger partial charge in [0.1, 0.15) is 6.61 Å². The van der Waals surface area contributed by atoms with Crippen LogP contribution >= 0.6 is 0 Å². The number of hydrogen-bond acceptors (Lipinski definition) is 7. The summed E-state index contributed by atoms with van der Waals surface area (Å²) in [6.07, 6.45) is 1.67. The zero-order valence-corrected chi connectivity index (χ0v) is 13.0. The fourth-order valence-electron chi connectivity index (χ4n) is 2.02. The molecule has 0 atom stereocenters. The molecule has 0 saturated carbocycles. The Bertz CT molecular complexity index is 760. The van der Waals surface area contributed by atoms with Crippen molar-refractivity contribution in [1.82, 2.24) is 20.1 Å².